The summed E-state index contributed by atoms with van der Waals surface area (Å²) in [5, 5.41) is 2.93. The van der Waals surface area contributed by atoms with Crippen LogP contribution in [0.5, 0.6) is 0 Å². The maximum absolute atomic E-state index is 13.6. The zero-order valence-electron chi connectivity index (χ0n) is 13.9. The van der Waals surface area contributed by atoms with E-state index in [0.717, 1.165) is 0 Å². The van der Waals surface area contributed by atoms with Gasteiger partial charge >= 0.3 is 0 Å². The molecule has 6 nitrogen and oxygen atoms in total. The quantitative estimate of drug-likeness (QED) is 0.929. The Balaban J connectivity index is 1.63. The molecule has 0 aliphatic carbocycles. The number of para-hydroxylation sites is 1. The largest absolute Gasteiger partial charge is 0.352 e. The molecule has 3 rings (SSSR count). The Labute approximate surface area is 145 Å². The summed E-state index contributed by atoms with van der Waals surface area (Å²) >= 11 is 0. The maximum atomic E-state index is 13.6. The van der Waals surface area contributed by atoms with Crippen molar-refractivity contribution in [3.63, 3.8) is 0 Å². The fraction of sp³-hybridized carbons (Fsp3) is 0.278. The highest BCUT2D eigenvalue weighted by Gasteiger charge is 2.23. The van der Waals surface area contributed by atoms with Gasteiger partial charge in [-0.2, -0.15) is 0 Å². The predicted molar refractivity (Wildman–Crippen MR) is 92.1 cm³/mol. The van der Waals surface area contributed by atoms with Crippen molar-refractivity contribution in [1.82, 2.24) is 14.8 Å². The van der Waals surface area contributed by atoms with Crippen molar-refractivity contribution in [3.05, 3.63) is 54.1 Å². The Morgan fingerprint density at radius 2 is 1.72 bits per heavy atom. The molecule has 1 aromatic carbocycles. The van der Waals surface area contributed by atoms with Crippen molar-refractivity contribution in [2.24, 2.45) is 0 Å². The molecule has 0 bridgehead atoms. The van der Waals surface area contributed by atoms with Gasteiger partial charge in [-0.3, -0.25) is 9.59 Å². The molecule has 2 heterocycles. The molecule has 0 atom stereocenters. The SMILES string of the molecule is CC(=O)N1CCN(C(=O)c2ccc(Nc3ccccc3F)cn2)CC1. The second-order valence-corrected chi connectivity index (χ2v) is 5.84. The summed E-state index contributed by atoms with van der Waals surface area (Å²) < 4.78 is 13.6. The summed E-state index contributed by atoms with van der Waals surface area (Å²) in [5.74, 6) is -0.500. The van der Waals surface area contributed by atoms with E-state index < -0.39 is 0 Å². The summed E-state index contributed by atoms with van der Waals surface area (Å²) in [5.41, 5.74) is 1.28. The molecule has 7 heteroatoms. The van der Waals surface area contributed by atoms with Crippen molar-refractivity contribution in [2.45, 2.75) is 6.92 Å². The first-order chi connectivity index (χ1) is 12.0. The van der Waals surface area contributed by atoms with Crippen LogP contribution in [0.3, 0.4) is 0 Å². The number of pyridine rings is 1. The van der Waals surface area contributed by atoms with Crippen LogP contribution in [-0.2, 0) is 4.79 Å². The molecule has 1 fully saturated rings. The highest BCUT2D eigenvalue weighted by molar-refractivity contribution is 5.92. The van der Waals surface area contributed by atoms with Crippen LogP contribution >= 0.6 is 0 Å². The summed E-state index contributed by atoms with van der Waals surface area (Å²) in [6.07, 6.45) is 1.51. The molecule has 0 spiro atoms. The number of amides is 2. The van der Waals surface area contributed by atoms with Gasteiger partial charge in [0.15, 0.2) is 0 Å². The molecule has 2 aromatic rings. The molecule has 2 amide bonds. The number of halogens is 1. The molecule has 1 aliphatic heterocycles. The van der Waals surface area contributed by atoms with E-state index in [1.807, 2.05) is 0 Å². The third kappa shape index (κ3) is 3.93. The van der Waals surface area contributed by atoms with E-state index in [1.54, 1.807) is 40.1 Å². The number of piperazine rings is 1. The Morgan fingerprint density at radius 1 is 1.04 bits per heavy atom. The summed E-state index contributed by atoms with van der Waals surface area (Å²) in [7, 11) is 0. The zero-order chi connectivity index (χ0) is 17.8. The van der Waals surface area contributed by atoms with E-state index in [1.165, 1.54) is 19.2 Å². The predicted octanol–water partition coefficient (Wildman–Crippen LogP) is 2.27. The average Bonchev–Trinajstić information content (AvgIpc) is 2.64. The normalized spacial score (nSPS) is 14.3. The first-order valence-electron chi connectivity index (χ1n) is 8.07. The Morgan fingerprint density at radius 3 is 2.32 bits per heavy atom. The molecule has 1 aromatic heterocycles. The molecule has 0 unspecified atom stereocenters. The van der Waals surface area contributed by atoms with Crippen LogP contribution in [0.4, 0.5) is 15.8 Å². The lowest BCUT2D eigenvalue weighted by Gasteiger charge is -2.34. The van der Waals surface area contributed by atoms with Crippen molar-refractivity contribution in [1.29, 1.82) is 0 Å². The second-order valence-electron chi connectivity index (χ2n) is 5.84. The number of carbonyl (C=O) groups is 2. The summed E-state index contributed by atoms with van der Waals surface area (Å²) in [6, 6.07) is 9.66. The second kappa shape index (κ2) is 7.29. The summed E-state index contributed by atoms with van der Waals surface area (Å²) in [4.78, 5) is 31.4. The average molecular weight is 342 g/mol. The number of nitrogens with zero attached hydrogens (tertiary/aromatic N) is 3. The van der Waals surface area contributed by atoms with Gasteiger partial charge in [0.1, 0.15) is 11.5 Å². The van der Waals surface area contributed by atoms with E-state index in [0.29, 0.717) is 43.2 Å². The van der Waals surface area contributed by atoms with Gasteiger partial charge in [0, 0.05) is 33.1 Å². The van der Waals surface area contributed by atoms with E-state index >= 15 is 0 Å². The molecule has 0 radical (unpaired) electrons. The zero-order valence-corrected chi connectivity index (χ0v) is 13.9. The van der Waals surface area contributed by atoms with Crippen molar-refractivity contribution in [3.8, 4) is 0 Å². The molecule has 130 valence electrons. The highest BCUT2D eigenvalue weighted by Crippen LogP contribution is 2.19. The van der Waals surface area contributed by atoms with E-state index in [9.17, 15) is 14.0 Å². The molecular weight excluding hydrogens is 323 g/mol. The number of hydrogen-bond acceptors (Lipinski definition) is 4. The number of rotatable bonds is 3. The number of aromatic nitrogens is 1. The minimum atomic E-state index is -0.356. The van der Waals surface area contributed by atoms with Gasteiger partial charge in [0.25, 0.3) is 5.91 Å². The van der Waals surface area contributed by atoms with Gasteiger partial charge < -0.3 is 15.1 Å². The molecule has 1 N–H and O–H groups in total. The topological polar surface area (TPSA) is 65.5 Å². The smallest absolute Gasteiger partial charge is 0.272 e. The lowest BCUT2D eigenvalue weighted by molar-refractivity contribution is -0.130. The number of hydrogen-bond donors (Lipinski definition) is 1. The van der Waals surface area contributed by atoms with Gasteiger partial charge in [0.2, 0.25) is 5.91 Å². The lowest BCUT2D eigenvalue weighted by atomic mass is 10.2. The number of nitrogens with one attached hydrogen (secondary N) is 1. The van der Waals surface area contributed by atoms with Gasteiger partial charge in [0.05, 0.1) is 17.6 Å². The molecule has 1 aliphatic rings. The van der Waals surface area contributed by atoms with Crippen LogP contribution in [0.15, 0.2) is 42.6 Å². The third-order valence-electron chi connectivity index (χ3n) is 4.15. The Hall–Kier alpha value is -2.96. The minimum Gasteiger partial charge on any atom is -0.352 e. The van der Waals surface area contributed by atoms with Crippen LogP contribution in [0.25, 0.3) is 0 Å². The van der Waals surface area contributed by atoms with Gasteiger partial charge in [-0.1, -0.05) is 12.1 Å². The van der Waals surface area contributed by atoms with Crippen LogP contribution in [-0.4, -0.2) is 52.8 Å². The first-order valence-corrected chi connectivity index (χ1v) is 8.07. The van der Waals surface area contributed by atoms with Crippen LogP contribution in [0, 0.1) is 5.82 Å². The maximum Gasteiger partial charge on any atom is 0.272 e. The first kappa shape index (κ1) is 16.9. The van der Waals surface area contributed by atoms with Gasteiger partial charge in [-0.25, -0.2) is 9.37 Å². The molecular formula is C18H19FN4O2. The Bertz CT molecular complexity index is 771. The standard InChI is InChI=1S/C18H19FN4O2/c1-13(24)22-8-10-23(11-9-22)18(25)17-7-6-14(12-20-17)21-16-5-3-2-4-15(16)19/h2-7,12,21H,8-11H2,1H3. The molecule has 1 saturated heterocycles. The van der Waals surface area contributed by atoms with Crippen molar-refractivity contribution in [2.75, 3.05) is 31.5 Å². The van der Waals surface area contributed by atoms with Crippen LogP contribution in [0.1, 0.15) is 17.4 Å². The fourth-order valence-electron chi connectivity index (χ4n) is 2.70. The number of carbonyl (C=O) groups excluding carboxylic acids is 2. The fourth-order valence-corrected chi connectivity index (χ4v) is 2.70. The van der Waals surface area contributed by atoms with Gasteiger partial charge in [-0.05, 0) is 24.3 Å². The molecule has 25 heavy (non-hydrogen) atoms. The minimum absolute atomic E-state index is 0.0220. The number of benzene rings is 1. The van der Waals surface area contributed by atoms with Crippen molar-refractivity contribution < 1.29 is 14.0 Å². The van der Waals surface area contributed by atoms with E-state index in [-0.39, 0.29) is 17.6 Å². The third-order valence-corrected chi connectivity index (χ3v) is 4.15. The monoisotopic (exact) mass is 342 g/mol. The summed E-state index contributed by atoms with van der Waals surface area (Å²) in [6.45, 7) is 3.59. The Kier molecular flexibility index (Phi) is 4.92. The van der Waals surface area contributed by atoms with Crippen LogP contribution in [0.2, 0.25) is 0 Å². The van der Waals surface area contributed by atoms with Gasteiger partial charge in [-0.15, -0.1) is 0 Å². The number of anilines is 2. The van der Waals surface area contributed by atoms with E-state index in [2.05, 4.69) is 10.3 Å². The lowest BCUT2D eigenvalue weighted by Crippen LogP contribution is -2.50. The van der Waals surface area contributed by atoms with Crippen LogP contribution < -0.4 is 5.32 Å². The highest BCUT2D eigenvalue weighted by atomic mass is 19.1. The van der Waals surface area contributed by atoms with Crippen molar-refractivity contribution >= 4 is 23.2 Å². The van der Waals surface area contributed by atoms with E-state index in [4.69, 9.17) is 0 Å². The molecule has 0 saturated carbocycles.